The SMILES string of the molecule is COc1ccccc1CN(CCO)C(=O)Nc1ccc(C)cc1Cl. The highest BCUT2D eigenvalue weighted by molar-refractivity contribution is 6.33. The van der Waals surface area contributed by atoms with Gasteiger partial charge in [0.2, 0.25) is 0 Å². The molecule has 0 bridgehead atoms. The zero-order chi connectivity index (χ0) is 17.5. The van der Waals surface area contributed by atoms with Crippen LogP contribution < -0.4 is 10.1 Å². The van der Waals surface area contributed by atoms with Crippen molar-refractivity contribution in [1.82, 2.24) is 4.90 Å². The van der Waals surface area contributed by atoms with Crippen LogP contribution in [0.2, 0.25) is 5.02 Å². The molecule has 5 nitrogen and oxygen atoms in total. The van der Waals surface area contributed by atoms with E-state index in [0.29, 0.717) is 23.0 Å². The van der Waals surface area contributed by atoms with Crippen molar-refractivity contribution in [1.29, 1.82) is 0 Å². The van der Waals surface area contributed by atoms with Crippen LogP contribution in [0.25, 0.3) is 0 Å². The molecular weight excluding hydrogens is 328 g/mol. The van der Waals surface area contributed by atoms with Crippen LogP contribution in [0.4, 0.5) is 10.5 Å². The van der Waals surface area contributed by atoms with Crippen molar-refractivity contribution in [2.24, 2.45) is 0 Å². The van der Waals surface area contributed by atoms with E-state index in [0.717, 1.165) is 11.1 Å². The van der Waals surface area contributed by atoms with Gasteiger partial charge in [0.25, 0.3) is 0 Å². The lowest BCUT2D eigenvalue weighted by Gasteiger charge is -2.23. The molecule has 0 aromatic heterocycles. The summed E-state index contributed by atoms with van der Waals surface area (Å²) >= 11 is 6.16. The first-order valence-corrected chi connectivity index (χ1v) is 7.97. The van der Waals surface area contributed by atoms with E-state index in [1.54, 1.807) is 19.2 Å². The minimum absolute atomic E-state index is 0.135. The fraction of sp³-hybridized carbons (Fsp3) is 0.278. The highest BCUT2D eigenvalue weighted by Gasteiger charge is 2.16. The van der Waals surface area contributed by atoms with Gasteiger partial charge in [-0.15, -0.1) is 0 Å². The number of ether oxygens (including phenoxy) is 1. The van der Waals surface area contributed by atoms with Gasteiger partial charge in [0.1, 0.15) is 5.75 Å². The molecule has 0 aliphatic heterocycles. The number of benzene rings is 2. The fourth-order valence-electron chi connectivity index (χ4n) is 2.33. The van der Waals surface area contributed by atoms with Crippen molar-refractivity contribution in [2.75, 3.05) is 25.6 Å². The highest BCUT2D eigenvalue weighted by Crippen LogP contribution is 2.24. The number of aliphatic hydroxyl groups is 1. The molecule has 0 atom stereocenters. The van der Waals surface area contributed by atoms with Crippen LogP contribution in [0.15, 0.2) is 42.5 Å². The summed E-state index contributed by atoms with van der Waals surface area (Å²) in [7, 11) is 1.58. The average molecular weight is 349 g/mol. The number of amides is 2. The molecule has 2 rings (SSSR count). The number of nitrogens with zero attached hydrogens (tertiary/aromatic N) is 1. The number of urea groups is 1. The van der Waals surface area contributed by atoms with Crippen molar-refractivity contribution < 1.29 is 14.6 Å². The van der Waals surface area contributed by atoms with Gasteiger partial charge in [-0.3, -0.25) is 0 Å². The predicted octanol–water partition coefficient (Wildman–Crippen LogP) is 3.68. The third-order valence-corrected chi connectivity index (χ3v) is 3.89. The molecule has 0 heterocycles. The van der Waals surface area contributed by atoms with Crippen LogP contribution >= 0.6 is 11.6 Å². The maximum atomic E-state index is 12.5. The number of anilines is 1. The number of carbonyl (C=O) groups excluding carboxylic acids is 1. The molecule has 2 aromatic carbocycles. The standard InChI is InChI=1S/C18H21ClN2O3/c1-13-7-8-16(15(19)11-13)20-18(23)21(9-10-22)12-14-5-3-4-6-17(14)24-2/h3-8,11,22H,9-10,12H2,1-2H3,(H,20,23). The number of aryl methyl sites for hydroxylation is 1. The molecule has 0 aliphatic rings. The smallest absolute Gasteiger partial charge is 0.322 e. The van der Waals surface area contributed by atoms with E-state index in [-0.39, 0.29) is 19.2 Å². The summed E-state index contributed by atoms with van der Waals surface area (Å²) in [5, 5.41) is 12.5. The molecular formula is C18H21ClN2O3. The Morgan fingerprint density at radius 1 is 1.29 bits per heavy atom. The van der Waals surface area contributed by atoms with Gasteiger partial charge in [-0.2, -0.15) is 0 Å². The van der Waals surface area contributed by atoms with Crippen molar-refractivity contribution in [3.05, 3.63) is 58.6 Å². The lowest BCUT2D eigenvalue weighted by molar-refractivity contribution is 0.184. The summed E-state index contributed by atoms with van der Waals surface area (Å²) in [5.41, 5.74) is 2.41. The Morgan fingerprint density at radius 2 is 2.04 bits per heavy atom. The van der Waals surface area contributed by atoms with E-state index in [4.69, 9.17) is 16.3 Å². The minimum Gasteiger partial charge on any atom is -0.496 e. The number of halogens is 1. The molecule has 0 spiro atoms. The zero-order valence-corrected chi connectivity index (χ0v) is 14.5. The number of hydrogen-bond acceptors (Lipinski definition) is 3. The first-order chi connectivity index (χ1) is 11.5. The summed E-state index contributed by atoms with van der Waals surface area (Å²) in [6.45, 7) is 2.31. The third-order valence-electron chi connectivity index (χ3n) is 3.58. The summed E-state index contributed by atoms with van der Waals surface area (Å²) in [5.74, 6) is 0.696. The summed E-state index contributed by atoms with van der Waals surface area (Å²) < 4.78 is 5.31. The number of carbonyl (C=O) groups is 1. The summed E-state index contributed by atoms with van der Waals surface area (Å²) in [6.07, 6.45) is 0. The Labute approximate surface area is 146 Å². The van der Waals surface area contributed by atoms with Gasteiger partial charge in [0, 0.05) is 12.1 Å². The molecule has 2 amide bonds. The molecule has 0 fully saturated rings. The van der Waals surface area contributed by atoms with Gasteiger partial charge in [0.05, 0.1) is 31.0 Å². The molecule has 128 valence electrons. The average Bonchev–Trinajstić information content (AvgIpc) is 2.57. The van der Waals surface area contributed by atoms with E-state index in [2.05, 4.69) is 5.32 Å². The maximum Gasteiger partial charge on any atom is 0.322 e. The predicted molar refractivity (Wildman–Crippen MR) is 95.7 cm³/mol. The molecule has 0 aliphatic carbocycles. The molecule has 0 radical (unpaired) electrons. The maximum absolute atomic E-state index is 12.5. The van der Waals surface area contributed by atoms with Gasteiger partial charge < -0.3 is 20.1 Å². The molecule has 24 heavy (non-hydrogen) atoms. The third kappa shape index (κ3) is 4.63. The van der Waals surface area contributed by atoms with Crippen LogP contribution in [0.3, 0.4) is 0 Å². The normalized spacial score (nSPS) is 10.3. The van der Waals surface area contributed by atoms with Gasteiger partial charge >= 0.3 is 6.03 Å². The second kappa shape index (κ2) is 8.57. The van der Waals surface area contributed by atoms with Crippen LogP contribution in [-0.4, -0.2) is 36.3 Å². The van der Waals surface area contributed by atoms with Gasteiger partial charge in [0.15, 0.2) is 0 Å². The molecule has 0 saturated heterocycles. The van der Waals surface area contributed by atoms with Crippen LogP contribution in [0.1, 0.15) is 11.1 Å². The van der Waals surface area contributed by atoms with Crippen LogP contribution in [0, 0.1) is 6.92 Å². The Hall–Kier alpha value is -2.24. The van der Waals surface area contributed by atoms with E-state index in [1.807, 2.05) is 37.3 Å². The van der Waals surface area contributed by atoms with Crippen LogP contribution in [-0.2, 0) is 6.54 Å². The van der Waals surface area contributed by atoms with Gasteiger partial charge in [-0.1, -0.05) is 35.9 Å². The van der Waals surface area contributed by atoms with E-state index in [1.165, 1.54) is 4.90 Å². The number of aliphatic hydroxyl groups excluding tert-OH is 1. The molecule has 0 unspecified atom stereocenters. The number of nitrogens with one attached hydrogen (secondary N) is 1. The summed E-state index contributed by atoms with van der Waals surface area (Å²) in [6, 6.07) is 12.5. The number of para-hydroxylation sites is 1. The first-order valence-electron chi connectivity index (χ1n) is 7.60. The van der Waals surface area contributed by atoms with Crippen molar-refractivity contribution >= 4 is 23.3 Å². The largest absolute Gasteiger partial charge is 0.496 e. The van der Waals surface area contributed by atoms with Crippen molar-refractivity contribution in [3.63, 3.8) is 0 Å². The Morgan fingerprint density at radius 3 is 2.71 bits per heavy atom. The zero-order valence-electron chi connectivity index (χ0n) is 13.8. The lowest BCUT2D eigenvalue weighted by atomic mass is 10.2. The molecule has 2 aromatic rings. The quantitative estimate of drug-likeness (QED) is 0.837. The topological polar surface area (TPSA) is 61.8 Å². The highest BCUT2D eigenvalue weighted by atomic mass is 35.5. The van der Waals surface area contributed by atoms with E-state index >= 15 is 0 Å². The molecule has 0 saturated carbocycles. The van der Waals surface area contributed by atoms with Crippen molar-refractivity contribution in [2.45, 2.75) is 13.5 Å². The Balaban J connectivity index is 2.15. The Bertz CT molecular complexity index is 706. The molecule has 6 heteroatoms. The van der Waals surface area contributed by atoms with Crippen LogP contribution in [0.5, 0.6) is 5.75 Å². The monoisotopic (exact) mass is 348 g/mol. The second-order valence-electron chi connectivity index (χ2n) is 5.37. The summed E-state index contributed by atoms with van der Waals surface area (Å²) in [4.78, 5) is 14.1. The molecule has 2 N–H and O–H groups in total. The van der Waals surface area contributed by atoms with Crippen molar-refractivity contribution in [3.8, 4) is 5.75 Å². The number of methoxy groups -OCH3 is 1. The second-order valence-corrected chi connectivity index (χ2v) is 5.78. The fourth-order valence-corrected chi connectivity index (χ4v) is 2.61. The minimum atomic E-state index is -0.333. The van der Waals surface area contributed by atoms with Gasteiger partial charge in [-0.25, -0.2) is 4.79 Å². The van der Waals surface area contributed by atoms with E-state index in [9.17, 15) is 9.90 Å². The Kier molecular flexibility index (Phi) is 6.46. The van der Waals surface area contributed by atoms with E-state index < -0.39 is 0 Å². The number of hydrogen-bond donors (Lipinski definition) is 2. The number of rotatable bonds is 6. The van der Waals surface area contributed by atoms with Gasteiger partial charge in [-0.05, 0) is 30.7 Å². The first kappa shape index (κ1) is 18.1. The lowest BCUT2D eigenvalue weighted by Crippen LogP contribution is -2.36.